The van der Waals surface area contributed by atoms with Gasteiger partial charge in [0.15, 0.2) is 0 Å². The van der Waals surface area contributed by atoms with Crippen molar-refractivity contribution in [1.29, 1.82) is 0 Å². The molecule has 0 spiro atoms. The van der Waals surface area contributed by atoms with Crippen molar-refractivity contribution in [2.45, 2.75) is 19.3 Å². The molecular formula is C28H23ClN4O2. The Bertz CT molecular complexity index is 1430. The topological polar surface area (TPSA) is 67.4 Å². The van der Waals surface area contributed by atoms with Crippen LogP contribution in [-0.2, 0) is 4.79 Å². The fourth-order valence-corrected chi connectivity index (χ4v) is 4.13. The highest BCUT2D eigenvalue weighted by Gasteiger charge is 2.16. The number of rotatable bonds is 5. The third-order valence-electron chi connectivity index (χ3n) is 5.72. The van der Waals surface area contributed by atoms with E-state index in [1.807, 2.05) is 65.6 Å². The van der Waals surface area contributed by atoms with E-state index >= 15 is 0 Å². The van der Waals surface area contributed by atoms with Crippen molar-refractivity contribution in [3.8, 4) is 23.3 Å². The molecular weight excluding hydrogens is 460 g/mol. The number of carbonyl (C=O) groups is 1. The van der Waals surface area contributed by atoms with Gasteiger partial charge in [0.25, 0.3) is 0 Å². The van der Waals surface area contributed by atoms with E-state index in [1.165, 1.54) is 6.33 Å². The van der Waals surface area contributed by atoms with Gasteiger partial charge in [0.05, 0.1) is 17.1 Å². The third kappa shape index (κ3) is 5.53. The predicted octanol–water partition coefficient (Wildman–Crippen LogP) is 6.18. The van der Waals surface area contributed by atoms with E-state index in [2.05, 4.69) is 27.1 Å². The summed E-state index contributed by atoms with van der Waals surface area (Å²) in [7, 11) is 0. The number of aromatic nitrogens is 2. The average molecular weight is 483 g/mol. The van der Waals surface area contributed by atoms with Gasteiger partial charge < -0.3 is 15.0 Å². The summed E-state index contributed by atoms with van der Waals surface area (Å²) in [5.74, 6) is 8.42. The maximum atomic E-state index is 12.0. The van der Waals surface area contributed by atoms with Crippen LogP contribution < -0.4 is 10.1 Å². The number of halogens is 1. The molecule has 0 unspecified atom stereocenters. The Labute approximate surface area is 208 Å². The summed E-state index contributed by atoms with van der Waals surface area (Å²) in [6.45, 7) is 1.23. The maximum absolute atomic E-state index is 12.0. The molecule has 1 aromatic heterocycles. The zero-order chi connectivity index (χ0) is 24.0. The van der Waals surface area contributed by atoms with Crippen molar-refractivity contribution in [1.82, 2.24) is 14.9 Å². The van der Waals surface area contributed by atoms with Crippen LogP contribution in [0, 0.1) is 11.8 Å². The first-order valence-corrected chi connectivity index (χ1v) is 11.8. The Morgan fingerprint density at radius 1 is 1.03 bits per heavy atom. The molecule has 4 aromatic rings. The first-order valence-electron chi connectivity index (χ1n) is 11.5. The molecule has 1 aliphatic heterocycles. The van der Waals surface area contributed by atoms with Gasteiger partial charge in [-0.2, -0.15) is 0 Å². The molecule has 0 atom stereocenters. The standard InChI is InChI=1S/C28H23ClN4O2/c29-24-18-21(12-14-26(24)35-22-8-2-1-3-9-22)32-28-23-17-20(11-13-25(23)30-19-31-28)7-6-16-33-15-5-4-10-27(33)34/h1-3,8-9,11-14,17-19H,4-5,10,15-16H2,(H,30,31,32). The van der Waals surface area contributed by atoms with Crippen molar-refractivity contribution < 1.29 is 9.53 Å². The molecule has 1 saturated heterocycles. The van der Waals surface area contributed by atoms with Crippen LogP contribution in [0.3, 0.4) is 0 Å². The number of nitrogens with zero attached hydrogens (tertiary/aromatic N) is 3. The molecule has 3 aromatic carbocycles. The lowest BCUT2D eigenvalue weighted by molar-refractivity contribution is -0.132. The zero-order valence-corrected chi connectivity index (χ0v) is 19.8. The molecule has 6 nitrogen and oxygen atoms in total. The lowest BCUT2D eigenvalue weighted by atomic mass is 10.1. The van der Waals surface area contributed by atoms with Crippen LogP contribution in [0.1, 0.15) is 24.8 Å². The van der Waals surface area contributed by atoms with E-state index in [1.54, 1.807) is 6.07 Å². The van der Waals surface area contributed by atoms with Gasteiger partial charge in [0.1, 0.15) is 23.6 Å². The molecule has 5 rings (SSSR count). The summed E-state index contributed by atoms with van der Waals surface area (Å²) in [5.41, 5.74) is 2.41. The lowest BCUT2D eigenvalue weighted by Crippen LogP contribution is -2.35. The highest BCUT2D eigenvalue weighted by Crippen LogP contribution is 2.33. The highest BCUT2D eigenvalue weighted by molar-refractivity contribution is 6.32. The van der Waals surface area contributed by atoms with Gasteiger partial charge in [-0.1, -0.05) is 41.6 Å². The summed E-state index contributed by atoms with van der Waals surface area (Å²) < 4.78 is 5.86. The average Bonchev–Trinajstić information content (AvgIpc) is 2.88. The highest BCUT2D eigenvalue weighted by atomic mass is 35.5. The maximum Gasteiger partial charge on any atom is 0.223 e. The zero-order valence-electron chi connectivity index (χ0n) is 19.0. The van der Waals surface area contributed by atoms with E-state index < -0.39 is 0 Å². The summed E-state index contributed by atoms with van der Waals surface area (Å²) in [5, 5.41) is 4.65. The fourth-order valence-electron chi connectivity index (χ4n) is 3.91. The summed E-state index contributed by atoms with van der Waals surface area (Å²) in [6.07, 6.45) is 4.15. The number of fused-ring (bicyclic) bond motifs is 1. The quantitative estimate of drug-likeness (QED) is 0.344. The summed E-state index contributed by atoms with van der Waals surface area (Å²) >= 11 is 6.48. The molecule has 0 radical (unpaired) electrons. The molecule has 1 aliphatic rings. The van der Waals surface area contributed by atoms with Crippen LogP contribution in [0.5, 0.6) is 11.5 Å². The Morgan fingerprint density at radius 3 is 2.74 bits per heavy atom. The van der Waals surface area contributed by atoms with E-state index in [0.717, 1.165) is 47.3 Å². The Morgan fingerprint density at radius 2 is 1.91 bits per heavy atom. The molecule has 1 N–H and O–H groups in total. The molecule has 0 aliphatic carbocycles. The number of para-hydroxylation sites is 1. The minimum absolute atomic E-state index is 0.183. The van der Waals surface area contributed by atoms with E-state index in [4.69, 9.17) is 16.3 Å². The Hall–Kier alpha value is -4.08. The number of nitrogens with one attached hydrogen (secondary N) is 1. The number of piperidine rings is 1. The summed E-state index contributed by atoms with van der Waals surface area (Å²) in [6, 6.07) is 20.8. The number of likely N-dealkylation sites (tertiary alicyclic amines) is 1. The largest absolute Gasteiger partial charge is 0.456 e. The van der Waals surface area contributed by atoms with E-state index in [-0.39, 0.29) is 5.91 Å². The van der Waals surface area contributed by atoms with Crippen LogP contribution >= 0.6 is 11.6 Å². The Balaban J connectivity index is 1.34. The van der Waals surface area contributed by atoms with Crippen molar-refractivity contribution in [2.75, 3.05) is 18.4 Å². The number of anilines is 2. The van der Waals surface area contributed by atoms with Gasteiger partial charge in [-0.25, -0.2) is 9.97 Å². The first kappa shape index (κ1) is 22.7. The summed E-state index contributed by atoms with van der Waals surface area (Å²) in [4.78, 5) is 22.6. The van der Waals surface area contributed by atoms with Crippen LogP contribution in [-0.4, -0.2) is 33.9 Å². The lowest BCUT2D eigenvalue weighted by Gasteiger charge is -2.24. The number of hydrogen-bond donors (Lipinski definition) is 1. The SMILES string of the molecule is O=C1CCCCN1CC#Cc1ccc2ncnc(Nc3ccc(Oc4ccccc4)c(Cl)c3)c2c1. The predicted molar refractivity (Wildman–Crippen MR) is 138 cm³/mol. The molecule has 7 heteroatoms. The molecule has 2 heterocycles. The third-order valence-corrected chi connectivity index (χ3v) is 6.02. The van der Waals surface area contributed by atoms with Crippen molar-refractivity contribution in [3.63, 3.8) is 0 Å². The number of amides is 1. The van der Waals surface area contributed by atoms with Crippen LogP contribution in [0.25, 0.3) is 10.9 Å². The van der Waals surface area contributed by atoms with Gasteiger partial charge in [0, 0.05) is 29.6 Å². The van der Waals surface area contributed by atoms with Crippen LogP contribution in [0.2, 0.25) is 5.02 Å². The minimum atomic E-state index is 0.183. The van der Waals surface area contributed by atoms with Crippen LogP contribution in [0.4, 0.5) is 11.5 Å². The number of ether oxygens (including phenoxy) is 1. The van der Waals surface area contributed by atoms with Gasteiger partial charge in [0.2, 0.25) is 5.91 Å². The van der Waals surface area contributed by atoms with Gasteiger partial charge in [-0.3, -0.25) is 4.79 Å². The normalized spacial score (nSPS) is 13.3. The first-order chi connectivity index (χ1) is 17.2. The molecule has 35 heavy (non-hydrogen) atoms. The number of benzene rings is 3. The molecule has 1 fully saturated rings. The van der Waals surface area contributed by atoms with Crippen molar-refractivity contribution in [3.05, 3.63) is 83.6 Å². The Kier molecular flexibility index (Phi) is 6.78. The molecule has 1 amide bonds. The fraction of sp³-hybridized carbons (Fsp3) is 0.179. The monoisotopic (exact) mass is 482 g/mol. The van der Waals surface area contributed by atoms with E-state index in [9.17, 15) is 4.79 Å². The second kappa shape index (κ2) is 10.5. The van der Waals surface area contributed by atoms with E-state index in [0.29, 0.717) is 29.6 Å². The van der Waals surface area contributed by atoms with Crippen LogP contribution in [0.15, 0.2) is 73.1 Å². The molecule has 0 saturated carbocycles. The van der Waals surface area contributed by atoms with Crippen molar-refractivity contribution >= 4 is 39.9 Å². The van der Waals surface area contributed by atoms with Crippen molar-refractivity contribution in [2.24, 2.45) is 0 Å². The number of hydrogen-bond acceptors (Lipinski definition) is 5. The smallest absolute Gasteiger partial charge is 0.223 e. The second-order valence-electron chi connectivity index (χ2n) is 8.21. The second-order valence-corrected chi connectivity index (χ2v) is 8.62. The van der Waals surface area contributed by atoms with Gasteiger partial charge >= 0.3 is 0 Å². The minimum Gasteiger partial charge on any atom is -0.456 e. The number of carbonyl (C=O) groups excluding carboxylic acids is 1. The molecule has 174 valence electrons. The van der Waals surface area contributed by atoms with Gasteiger partial charge in [-0.05, 0) is 61.4 Å². The van der Waals surface area contributed by atoms with Gasteiger partial charge in [-0.15, -0.1) is 0 Å². The molecule has 0 bridgehead atoms.